The molecule has 0 saturated carbocycles. The van der Waals surface area contributed by atoms with E-state index >= 15 is 0 Å². The van der Waals surface area contributed by atoms with E-state index in [0.717, 1.165) is 80.8 Å². The lowest BCUT2D eigenvalue weighted by atomic mass is 9.71. The highest BCUT2D eigenvalue weighted by Gasteiger charge is 2.45. The second-order valence-corrected chi connectivity index (χ2v) is 12.7. The Kier molecular flexibility index (Phi) is 10.9. The number of halogens is 3. The number of allylic oxidation sites excluding steroid dienone is 10. The number of alkyl halides is 3. The number of carbonyl (C=O) groups is 1. The van der Waals surface area contributed by atoms with Gasteiger partial charge in [-0.2, -0.15) is 18.4 Å². The number of hydrogen-bond acceptors (Lipinski definition) is 6. The molecular formula is C36H44F3N5O. The fourth-order valence-corrected chi connectivity index (χ4v) is 6.41. The largest absolute Gasteiger partial charge is 0.393 e. The van der Waals surface area contributed by atoms with E-state index in [9.17, 15) is 23.2 Å². The van der Waals surface area contributed by atoms with Crippen molar-refractivity contribution < 1.29 is 18.0 Å². The van der Waals surface area contributed by atoms with E-state index < -0.39 is 12.6 Å². The van der Waals surface area contributed by atoms with Crippen molar-refractivity contribution in [3.8, 4) is 6.07 Å². The minimum atomic E-state index is -4.27. The molecular weight excluding hydrogens is 575 g/mol. The highest BCUT2D eigenvalue weighted by Crippen LogP contribution is 2.43. The number of likely N-dealkylation sites (tertiary alicyclic amines) is 2. The van der Waals surface area contributed by atoms with Crippen molar-refractivity contribution in [3.05, 3.63) is 95.2 Å². The van der Waals surface area contributed by atoms with Crippen LogP contribution in [0.4, 0.5) is 13.2 Å². The topological polar surface area (TPSA) is 62.9 Å². The van der Waals surface area contributed by atoms with Crippen LogP contribution in [0.3, 0.4) is 0 Å². The molecule has 0 amide bonds. The summed E-state index contributed by atoms with van der Waals surface area (Å²) in [7, 11) is 0. The molecule has 0 radical (unpaired) electrons. The van der Waals surface area contributed by atoms with E-state index in [2.05, 4.69) is 47.0 Å². The van der Waals surface area contributed by atoms with Gasteiger partial charge in [0.1, 0.15) is 17.5 Å². The summed E-state index contributed by atoms with van der Waals surface area (Å²) >= 11 is 0. The molecule has 9 heteroatoms. The average Bonchev–Trinajstić information content (AvgIpc) is 2.96. The SMILES string of the molecule is C=CN=C1C=CC(CC(F)(F)F)=C/C1=C(/C)N1CC2(CCN(CC3=C(C)C(=C)/C=C(/C#N)N(CCCCC(C)=O)C=C3)CC2)C1. The molecule has 3 heterocycles. The van der Waals surface area contributed by atoms with Gasteiger partial charge in [0.15, 0.2) is 0 Å². The molecule has 240 valence electrons. The molecule has 2 fully saturated rings. The number of Topliss-reactive ketones (excluding diaryl/α,β-unsaturated/α-hetero) is 1. The van der Waals surface area contributed by atoms with Gasteiger partial charge in [0, 0.05) is 61.7 Å². The van der Waals surface area contributed by atoms with Gasteiger partial charge in [0.2, 0.25) is 0 Å². The van der Waals surface area contributed by atoms with Crippen LogP contribution in [-0.2, 0) is 4.79 Å². The second kappa shape index (κ2) is 14.5. The van der Waals surface area contributed by atoms with Gasteiger partial charge in [-0.15, -0.1) is 0 Å². The van der Waals surface area contributed by atoms with Gasteiger partial charge in [0.25, 0.3) is 0 Å². The van der Waals surface area contributed by atoms with Crippen molar-refractivity contribution >= 4 is 11.5 Å². The molecule has 1 aliphatic carbocycles. The van der Waals surface area contributed by atoms with E-state index in [1.165, 1.54) is 17.8 Å². The maximum Gasteiger partial charge on any atom is 0.393 e. The van der Waals surface area contributed by atoms with Gasteiger partial charge in [-0.3, -0.25) is 9.89 Å². The molecule has 0 aromatic rings. The first-order valence-electron chi connectivity index (χ1n) is 15.6. The third-order valence-corrected chi connectivity index (χ3v) is 9.26. The number of piperidine rings is 1. The summed E-state index contributed by atoms with van der Waals surface area (Å²) in [6.45, 7) is 18.7. The van der Waals surface area contributed by atoms with E-state index in [1.807, 2.05) is 24.1 Å². The molecule has 45 heavy (non-hydrogen) atoms. The van der Waals surface area contributed by atoms with Crippen LogP contribution >= 0.6 is 0 Å². The lowest BCUT2D eigenvalue weighted by molar-refractivity contribution is -0.126. The van der Waals surface area contributed by atoms with Crippen LogP contribution < -0.4 is 0 Å². The molecule has 3 aliphatic heterocycles. The average molecular weight is 620 g/mol. The molecule has 0 bridgehead atoms. The molecule has 0 unspecified atom stereocenters. The Bertz CT molecular complexity index is 1450. The van der Waals surface area contributed by atoms with Crippen molar-refractivity contribution in [1.82, 2.24) is 14.7 Å². The van der Waals surface area contributed by atoms with Crippen LogP contribution in [0.15, 0.2) is 100 Å². The summed E-state index contributed by atoms with van der Waals surface area (Å²) < 4.78 is 39.3. The highest BCUT2D eigenvalue weighted by molar-refractivity contribution is 6.12. The maximum absolute atomic E-state index is 13.1. The maximum atomic E-state index is 13.1. The number of ketones is 1. The molecule has 4 rings (SSSR count). The first-order chi connectivity index (χ1) is 21.3. The monoisotopic (exact) mass is 619 g/mol. The molecule has 0 N–H and O–H groups in total. The summed E-state index contributed by atoms with van der Waals surface area (Å²) in [6.07, 6.45) is 11.1. The smallest absolute Gasteiger partial charge is 0.373 e. The predicted molar refractivity (Wildman–Crippen MR) is 174 cm³/mol. The minimum Gasteiger partial charge on any atom is -0.373 e. The summed E-state index contributed by atoms with van der Waals surface area (Å²) in [6, 6.07) is 2.30. The van der Waals surface area contributed by atoms with Crippen LogP contribution in [0.5, 0.6) is 0 Å². The Morgan fingerprint density at radius 1 is 1.13 bits per heavy atom. The second-order valence-electron chi connectivity index (χ2n) is 12.7. The number of unbranched alkanes of at least 4 members (excludes halogenated alkanes) is 1. The van der Waals surface area contributed by atoms with Crippen LogP contribution in [0.1, 0.15) is 59.3 Å². The van der Waals surface area contributed by atoms with Crippen molar-refractivity contribution in [2.24, 2.45) is 10.4 Å². The fourth-order valence-electron chi connectivity index (χ4n) is 6.41. The van der Waals surface area contributed by atoms with E-state index in [0.29, 0.717) is 24.4 Å². The molecule has 1 spiro atoms. The lowest BCUT2D eigenvalue weighted by Gasteiger charge is -2.55. The molecule has 6 nitrogen and oxygen atoms in total. The zero-order valence-electron chi connectivity index (χ0n) is 26.7. The summed E-state index contributed by atoms with van der Waals surface area (Å²) in [5, 5.41) is 9.77. The van der Waals surface area contributed by atoms with Crippen LogP contribution in [-0.4, -0.2) is 71.6 Å². The number of carbonyl (C=O) groups excluding carboxylic acids is 1. The molecule has 2 saturated heterocycles. The third kappa shape index (κ3) is 8.85. The number of nitriles is 1. The highest BCUT2D eigenvalue weighted by atomic mass is 19.4. The zero-order chi connectivity index (χ0) is 32.8. The predicted octanol–water partition coefficient (Wildman–Crippen LogP) is 7.56. The normalized spacial score (nSPS) is 23.7. The molecule has 0 atom stereocenters. The summed E-state index contributed by atoms with van der Waals surface area (Å²) in [4.78, 5) is 22.3. The Morgan fingerprint density at radius 3 is 2.47 bits per heavy atom. The number of aliphatic imine (C=N–C) groups is 1. The number of rotatable bonds is 10. The van der Waals surface area contributed by atoms with Gasteiger partial charge in [-0.05, 0) is 106 Å². The fraction of sp³-hybridized carbons (Fsp3) is 0.472. The van der Waals surface area contributed by atoms with Crippen molar-refractivity contribution in [3.63, 3.8) is 0 Å². The zero-order valence-corrected chi connectivity index (χ0v) is 26.7. The minimum absolute atomic E-state index is 0.179. The number of nitrogens with zero attached hydrogens (tertiary/aromatic N) is 5. The van der Waals surface area contributed by atoms with Gasteiger partial charge in [0.05, 0.1) is 12.1 Å². The summed E-state index contributed by atoms with van der Waals surface area (Å²) in [5.41, 5.74) is 6.36. The third-order valence-electron chi connectivity index (χ3n) is 9.26. The van der Waals surface area contributed by atoms with Crippen molar-refractivity contribution in [2.75, 3.05) is 39.3 Å². The molecule has 0 aromatic carbocycles. The van der Waals surface area contributed by atoms with Crippen LogP contribution in [0.2, 0.25) is 0 Å². The number of hydrogen-bond donors (Lipinski definition) is 0. The van der Waals surface area contributed by atoms with E-state index in [4.69, 9.17) is 0 Å². The van der Waals surface area contributed by atoms with Gasteiger partial charge < -0.3 is 14.6 Å². The van der Waals surface area contributed by atoms with Crippen molar-refractivity contribution in [2.45, 2.75) is 65.5 Å². The van der Waals surface area contributed by atoms with E-state index in [-0.39, 0.29) is 16.8 Å². The van der Waals surface area contributed by atoms with Crippen LogP contribution in [0, 0.1) is 16.7 Å². The Morgan fingerprint density at radius 2 is 1.84 bits per heavy atom. The standard InChI is InChI=1S/C36H44F3N5O/c1-6-41-34-11-10-30(21-36(37,38)39)20-33(34)29(5)44-24-35(25-44)13-17-42(18-14-35)23-31-12-16-43(15-8-7-9-27(3)45)32(22-40)19-26(2)28(31)4/h6,10-12,16,19-20H,1-2,7-9,13-15,17-18,21,23-25H2,3-5H3/b16-12?,31-28?,32-19-,33-29+,41-34?. The summed E-state index contributed by atoms with van der Waals surface area (Å²) in [5.74, 6) is 0.179. The van der Waals surface area contributed by atoms with E-state index in [1.54, 1.807) is 19.1 Å². The van der Waals surface area contributed by atoms with Crippen LogP contribution in [0.25, 0.3) is 0 Å². The first-order valence-corrected chi connectivity index (χ1v) is 15.6. The Labute approximate surface area is 265 Å². The first kappa shape index (κ1) is 34.0. The molecule has 4 aliphatic rings. The van der Waals surface area contributed by atoms with Gasteiger partial charge in [-0.1, -0.05) is 19.2 Å². The Hall–Kier alpha value is -3.90. The lowest BCUT2D eigenvalue weighted by Crippen LogP contribution is -2.59. The quantitative estimate of drug-likeness (QED) is 0.236. The van der Waals surface area contributed by atoms with Crippen molar-refractivity contribution in [1.29, 1.82) is 5.26 Å². The van der Waals surface area contributed by atoms with Gasteiger partial charge in [-0.25, -0.2) is 0 Å². The molecule has 0 aromatic heterocycles. The Balaban J connectivity index is 1.38. The van der Waals surface area contributed by atoms with Gasteiger partial charge >= 0.3 is 6.18 Å².